The van der Waals surface area contributed by atoms with E-state index in [1.165, 1.54) is 12.8 Å². The van der Waals surface area contributed by atoms with Crippen LogP contribution >= 0.6 is 0 Å². The minimum absolute atomic E-state index is 0.252. The Morgan fingerprint density at radius 2 is 1.78 bits per heavy atom. The number of hydrogen-bond acceptors (Lipinski definition) is 4. The predicted molar refractivity (Wildman–Crippen MR) is 71.2 cm³/mol. The molecule has 0 bridgehead atoms. The van der Waals surface area contributed by atoms with Crippen LogP contribution in [0, 0.1) is 5.92 Å². The van der Waals surface area contributed by atoms with E-state index < -0.39 is 5.54 Å². The fourth-order valence-corrected chi connectivity index (χ4v) is 2.22. The Balaban J connectivity index is 2.22. The summed E-state index contributed by atoms with van der Waals surface area (Å²) >= 11 is 0. The van der Waals surface area contributed by atoms with Gasteiger partial charge in [0.2, 0.25) is 0 Å². The minimum atomic E-state index is -0.755. The fourth-order valence-electron chi connectivity index (χ4n) is 2.22. The molecule has 0 aromatic heterocycles. The van der Waals surface area contributed by atoms with Crippen molar-refractivity contribution in [3.05, 3.63) is 0 Å². The number of carbonyl (C=O) groups excluding carboxylic acids is 1. The number of ether oxygens (including phenoxy) is 2. The maximum Gasteiger partial charge on any atom is 0.326 e. The van der Waals surface area contributed by atoms with Gasteiger partial charge in [0.25, 0.3) is 0 Å². The minimum Gasteiger partial charge on any atom is -0.462 e. The molecule has 4 heteroatoms. The smallest absolute Gasteiger partial charge is 0.326 e. The molecule has 1 fully saturated rings. The van der Waals surface area contributed by atoms with Crippen molar-refractivity contribution >= 4 is 5.97 Å². The van der Waals surface area contributed by atoms with Crippen LogP contribution in [-0.2, 0) is 14.3 Å². The van der Waals surface area contributed by atoms with Gasteiger partial charge in [0.05, 0.1) is 6.61 Å². The summed E-state index contributed by atoms with van der Waals surface area (Å²) in [6, 6.07) is 0. The summed E-state index contributed by atoms with van der Waals surface area (Å²) in [6.45, 7) is 5.65. The number of carbonyl (C=O) groups is 1. The van der Waals surface area contributed by atoms with Gasteiger partial charge in [-0.1, -0.05) is 39.5 Å². The van der Waals surface area contributed by atoms with E-state index in [4.69, 9.17) is 15.2 Å². The van der Waals surface area contributed by atoms with Crippen LogP contribution in [0.2, 0.25) is 0 Å². The Bertz CT molecular complexity index is 245. The highest BCUT2D eigenvalue weighted by Crippen LogP contribution is 2.25. The Kier molecular flexibility index (Phi) is 6.65. The van der Waals surface area contributed by atoms with E-state index in [1.54, 1.807) is 0 Å². The summed E-state index contributed by atoms with van der Waals surface area (Å²) in [7, 11) is 0. The highest BCUT2D eigenvalue weighted by molar-refractivity contribution is 5.80. The average molecular weight is 257 g/mol. The van der Waals surface area contributed by atoms with Crippen molar-refractivity contribution in [3.8, 4) is 0 Å². The van der Waals surface area contributed by atoms with Crippen LogP contribution < -0.4 is 5.73 Å². The van der Waals surface area contributed by atoms with Gasteiger partial charge in [0.15, 0.2) is 0 Å². The molecule has 0 aromatic rings. The van der Waals surface area contributed by atoms with Crippen LogP contribution in [0.4, 0.5) is 0 Å². The van der Waals surface area contributed by atoms with E-state index in [-0.39, 0.29) is 5.97 Å². The van der Waals surface area contributed by atoms with Gasteiger partial charge in [-0.3, -0.25) is 4.79 Å². The number of rotatable bonds is 6. The first-order valence-electron chi connectivity index (χ1n) is 7.08. The molecule has 0 amide bonds. The van der Waals surface area contributed by atoms with Gasteiger partial charge in [-0.15, -0.1) is 0 Å². The van der Waals surface area contributed by atoms with Gasteiger partial charge in [-0.05, 0) is 18.8 Å². The summed E-state index contributed by atoms with van der Waals surface area (Å²) in [5.41, 5.74) is 5.39. The molecular weight excluding hydrogens is 230 g/mol. The van der Waals surface area contributed by atoms with Gasteiger partial charge in [0, 0.05) is 6.61 Å². The maximum absolute atomic E-state index is 12.0. The van der Waals surface area contributed by atoms with Crippen LogP contribution in [0.25, 0.3) is 0 Å². The summed E-state index contributed by atoms with van der Waals surface area (Å²) in [5.74, 6) is 0.251. The van der Waals surface area contributed by atoms with Crippen LogP contribution in [0.1, 0.15) is 52.4 Å². The van der Waals surface area contributed by atoms with E-state index in [9.17, 15) is 4.79 Å². The van der Waals surface area contributed by atoms with Gasteiger partial charge in [0.1, 0.15) is 12.1 Å². The molecule has 1 aliphatic carbocycles. The molecule has 0 unspecified atom stereocenters. The Morgan fingerprint density at radius 1 is 1.17 bits per heavy atom. The first-order valence-corrected chi connectivity index (χ1v) is 7.08. The predicted octanol–water partition coefficient (Wildman–Crippen LogP) is 2.25. The number of hydrogen-bond donors (Lipinski definition) is 1. The second kappa shape index (κ2) is 7.74. The molecule has 106 valence electrons. The van der Waals surface area contributed by atoms with E-state index >= 15 is 0 Å². The van der Waals surface area contributed by atoms with Gasteiger partial charge in [-0.25, -0.2) is 0 Å². The molecule has 0 spiro atoms. The first-order chi connectivity index (χ1) is 8.54. The second-order valence-electron chi connectivity index (χ2n) is 5.68. The van der Waals surface area contributed by atoms with E-state index in [0.29, 0.717) is 25.7 Å². The molecular formula is C14H27NO3. The molecule has 0 radical (unpaired) electrons. The molecule has 4 nitrogen and oxygen atoms in total. The van der Waals surface area contributed by atoms with Gasteiger partial charge < -0.3 is 15.2 Å². The van der Waals surface area contributed by atoms with E-state index in [0.717, 1.165) is 25.7 Å². The highest BCUT2D eigenvalue weighted by atomic mass is 16.6. The maximum atomic E-state index is 12.0. The SMILES string of the molecule is CC(C)COCCOC(=O)C1(N)CCCCCC1. The molecule has 1 saturated carbocycles. The third-order valence-electron chi connectivity index (χ3n) is 3.31. The normalized spacial score (nSPS) is 19.6. The van der Waals surface area contributed by atoms with Crippen molar-refractivity contribution in [1.82, 2.24) is 0 Å². The zero-order valence-electron chi connectivity index (χ0n) is 11.7. The highest BCUT2D eigenvalue weighted by Gasteiger charge is 2.35. The molecule has 1 aliphatic rings. The summed E-state index contributed by atoms with van der Waals surface area (Å²) in [5, 5.41) is 0. The van der Waals surface area contributed by atoms with Crippen molar-refractivity contribution in [2.24, 2.45) is 11.7 Å². The van der Waals surface area contributed by atoms with Crippen molar-refractivity contribution in [3.63, 3.8) is 0 Å². The Morgan fingerprint density at radius 3 is 2.33 bits per heavy atom. The van der Waals surface area contributed by atoms with Crippen molar-refractivity contribution < 1.29 is 14.3 Å². The third kappa shape index (κ3) is 5.36. The molecule has 0 saturated heterocycles. The van der Waals surface area contributed by atoms with Crippen molar-refractivity contribution in [2.45, 2.75) is 57.9 Å². The van der Waals surface area contributed by atoms with Crippen molar-refractivity contribution in [2.75, 3.05) is 19.8 Å². The van der Waals surface area contributed by atoms with Gasteiger partial charge in [-0.2, -0.15) is 0 Å². The quantitative estimate of drug-likeness (QED) is 0.450. The molecule has 0 aliphatic heterocycles. The number of esters is 1. The van der Waals surface area contributed by atoms with Crippen LogP contribution in [0.15, 0.2) is 0 Å². The summed E-state index contributed by atoms with van der Waals surface area (Å²) < 4.78 is 10.6. The molecule has 1 rings (SSSR count). The standard InChI is InChI=1S/C14H27NO3/c1-12(2)11-17-9-10-18-13(16)14(15)7-5-3-4-6-8-14/h12H,3-11,15H2,1-2H3. The first kappa shape index (κ1) is 15.4. The van der Waals surface area contributed by atoms with Gasteiger partial charge >= 0.3 is 5.97 Å². The number of nitrogens with two attached hydrogens (primary N) is 1. The summed E-state index contributed by atoms with van der Waals surface area (Å²) in [6.07, 6.45) is 5.88. The lowest BCUT2D eigenvalue weighted by Gasteiger charge is -2.25. The van der Waals surface area contributed by atoms with E-state index in [1.807, 2.05) is 0 Å². The largest absolute Gasteiger partial charge is 0.462 e. The molecule has 0 atom stereocenters. The van der Waals surface area contributed by atoms with E-state index in [2.05, 4.69) is 13.8 Å². The van der Waals surface area contributed by atoms with Crippen molar-refractivity contribution in [1.29, 1.82) is 0 Å². The molecule has 0 aromatic carbocycles. The van der Waals surface area contributed by atoms with Crippen LogP contribution in [0.5, 0.6) is 0 Å². The second-order valence-corrected chi connectivity index (χ2v) is 5.68. The van der Waals surface area contributed by atoms with Crippen LogP contribution in [-0.4, -0.2) is 31.3 Å². The Labute approximate surface area is 110 Å². The lowest BCUT2D eigenvalue weighted by atomic mass is 9.92. The topological polar surface area (TPSA) is 61.5 Å². The third-order valence-corrected chi connectivity index (χ3v) is 3.31. The van der Waals surface area contributed by atoms with Crippen LogP contribution in [0.3, 0.4) is 0 Å². The summed E-state index contributed by atoms with van der Waals surface area (Å²) in [4.78, 5) is 12.0. The lowest BCUT2D eigenvalue weighted by molar-refractivity contribution is -0.152. The molecule has 18 heavy (non-hydrogen) atoms. The zero-order chi connectivity index (χ0) is 13.4. The zero-order valence-corrected chi connectivity index (χ0v) is 11.7. The Hall–Kier alpha value is -0.610. The molecule has 0 heterocycles. The monoisotopic (exact) mass is 257 g/mol. The average Bonchev–Trinajstić information content (AvgIpc) is 2.54. The fraction of sp³-hybridized carbons (Fsp3) is 0.929. The molecule has 2 N–H and O–H groups in total. The lowest BCUT2D eigenvalue weighted by Crippen LogP contribution is -2.48.